The van der Waals surface area contributed by atoms with E-state index in [1.54, 1.807) is 24.4 Å². The molecular weight excluding hydrogens is 228 g/mol. The molecule has 1 N–H and O–H groups in total. The molecule has 18 heavy (non-hydrogen) atoms. The molecule has 0 aliphatic carbocycles. The van der Waals surface area contributed by atoms with Crippen molar-refractivity contribution in [2.24, 2.45) is 0 Å². The molecule has 0 bridgehead atoms. The summed E-state index contributed by atoms with van der Waals surface area (Å²) in [5, 5.41) is 8.93. The van der Waals surface area contributed by atoms with E-state index < -0.39 is 5.97 Å². The monoisotopic (exact) mass is 242 g/mol. The van der Waals surface area contributed by atoms with Gasteiger partial charge < -0.3 is 10.0 Å². The van der Waals surface area contributed by atoms with Gasteiger partial charge in [0.1, 0.15) is 5.82 Å². The molecule has 0 aliphatic rings. The molecule has 4 heteroatoms. The number of hydrogen-bond acceptors (Lipinski definition) is 3. The van der Waals surface area contributed by atoms with Gasteiger partial charge in [0.2, 0.25) is 0 Å². The van der Waals surface area contributed by atoms with Crippen molar-refractivity contribution in [2.75, 3.05) is 11.9 Å². The van der Waals surface area contributed by atoms with Gasteiger partial charge in [-0.15, -0.1) is 0 Å². The van der Waals surface area contributed by atoms with Crippen LogP contribution in [0.25, 0.3) is 0 Å². The molecule has 0 saturated heterocycles. The van der Waals surface area contributed by atoms with Gasteiger partial charge in [-0.05, 0) is 29.8 Å². The minimum absolute atomic E-state index is 0.307. The minimum Gasteiger partial charge on any atom is -0.478 e. The Morgan fingerprint density at radius 2 is 2.11 bits per heavy atom. The summed E-state index contributed by atoms with van der Waals surface area (Å²) in [5.74, 6) is -0.0458. The van der Waals surface area contributed by atoms with Crippen LogP contribution in [0.3, 0.4) is 0 Å². The van der Waals surface area contributed by atoms with Crippen molar-refractivity contribution in [2.45, 2.75) is 6.54 Å². The summed E-state index contributed by atoms with van der Waals surface area (Å²) in [4.78, 5) is 17.1. The molecule has 0 unspecified atom stereocenters. The lowest BCUT2D eigenvalue weighted by molar-refractivity contribution is 0.0697. The Hall–Kier alpha value is -2.36. The maximum Gasteiger partial charge on any atom is 0.335 e. The highest BCUT2D eigenvalue weighted by Gasteiger charge is 2.06. The molecule has 0 radical (unpaired) electrons. The number of aromatic nitrogens is 1. The van der Waals surface area contributed by atoms with Gasteiger partial charge in [0.05, 0.1) is 5.56 Å². The Morgan fingerprint density at radius 1 is 1.28 bits per heavy atom. The Kier molecular flexibility index (Phi) is 3.57. The van der Waals surface area contributed by atoms with Gasteiger partial charge in [0.15, 0.2) is 0 Å². The molecular formula is C14H14N2O2. The third-order valence-corrected chi connectivity index (χ3v) is 2.63. The van der Waals surface area contributed by atoms with E-state index in [0.717, 1.165) is 11.4 Å². The van der Waals surface area contributed by atoms with E-state index in [4.69, 9.17) is 5.11 Å². The molecule has 2 rings (SSSR count). The molecule has 0 saturated carbocycles. The average molecular weight is 242 g/mol. The third kappa shape index (κ3) is 2.85. The van der Waals surface area contributed by atoms with Crippen molar-refractivity contribution in [3.05, 3.63) is 59.8 Å². The number of aromatic carboxylic acids is 1. The zero-order valence-corrected chi connectivity index (χ0v) is 10.1. The van der Waals surface area contributed by atoms with Gasteiger partial charge in [0, 0.05) is 19.8 Å². The molecule has 4 nitrogen and oxygen atoms in total. The van der Waals surface area contributed by atoms with Crippen LogP contribution in [0, 0.1) is 0 Å². The molecule has 2 aromatic rings. The normalized spacial score (nSPS) is 10.1. The van der Waals surface area contributed by atoms with E-state index in [-0.39, 0.29) is 0 Å². The first-order valence-electron chi connectivity index (χ1n) is 5.61. The maximum absolute atomic E-state index is 10.9. The lowest BCUT2D eigenvalue weighted by Gasteiger charge is -2.18. The second-order valence-corrected chi connectivity index (χ2v) is 4.05. The number of anilines is 1. The lowest BCUT2D eigenvalue weighted by atomic mass is 10.1. The molecule has 0 fully saturated rings. The fourth-order valence-electron chi connectivity index (χ4n) is 1.74. The maximum atomic E-state index is 10.9. The highest BCUT2D eigenvalue weighted by Crippen LogP contribution is 2.13. The van der Waals surface area contributed by atoms with Crippen LogP contribution in [0.15, 0.2) is 48.7 Å². The Balaban J connectivity index is 2.14. The quantitative estimate of drug-likeness (QED) is 0.894. The molecule has 0 atom stereocenters. The second-order valence-electron chi connectivity index (χ2n) is 4.05. The fourth-order valence-corrected chi connectivity index (χ4v) is 1.74. The Bertz CT molecular complexity index is 541. The molecule has 92 valence electrons. The third-order valence-electron chi connectivity index (χ3n) is 2.63. The molecule has 0 aliphatic heterocycles. The van der Waals surface area contributed by atoms with Crippen LogP contribution in [-0.4, -0.2) is 23.1 Å². The second kappa shape index (κ2) is 5.31. The first-order chi connectivity index (χ1) is 8.66. The van der Waals surface area contributed by atoms with Crippen molar-refractivity contribution in [3.63, 3.8) is 0 Å². The Morgan fingerprint density at radius 3 is 2.78 bits per heavy atom. The lowest BCUT2D eigenvalue weighted by Crippen LogP contribution is -2.17. The van der Waals surface area contributed by atoms with Gasteiger partial charge in [-0.1, -0.05) is 18.2 Å². The van der Waals surface area contributed by atoms with Gasteiger partial charge in [-0.2, -0.15) is 0 Å². The van der Waals surface area contributed by atoms with Gasteiger partial charge in [0.25, 0.3) is 0 Å². The number of carboxylic acids is 1. The van der Waals surface area contributed by atoms with Gasteiger partial charge in [-0.25, -0.2) is 9.78 Å². The standard InChI is InChI=1S/C14H14N2O2/c1-16(13-7-2-3-8-15-13)10-11-5-4-6-12(9-11)14(17)18/h2-9H,10H2,1H3,(H,17,18). The van der Waals surface area contributed by atoms with Crippen LogP contribution in [0.2, 0.25) is 0 Å². The van der Waals surface area contributed by atoms with E-state index in [1.165, 1.54) is 0 Å². The summed E-state index contributed by atoms with van der Waals surface area (Å²) in [7, 11) is 1.93. The summed E-state index contributed by atoms with van der Waals surface area (Å²) >= 11 is 0. The van der Waals surface area contributed by atoms with Gasteiger partial charge in [-0.3, -0.25) is 0 Å². The number of rotatable bonds is 4. The largest absolute Gasteiger partial charge is 0.478 e. The Labute approximate surface area is 106 Å². The predicted octanol–water partition coefficient (Wildman–Crippen LogP) is 2.42. The number of nitrogens with zero attached hydrogens (tertiary/aromatic N) is 2. The molecule has 1 heterocycles. The first-order valence-corrected chi connectivity index (χ1v) is 5.61. The van der Waals surface area contributed by atoms with Crippen molar-refractivity contribution in [3.8, 4) is 0 Å². The number of carboxylic acid groups (broad SMARTS) is 1. The van der Waals surface area contributed by atoms with Crippen molar-refractivity contribution >= 4 is 11.8 Å². The average Bonchev–Trinajstić information content (AvgIpc) is 2.40. The highest BCUT2D eigenvalue weighted by atomic mass is 16.4. The predicted molar refractivity (Wildman–Crippen MR) is 69.7 cm³/mol. The number of carbonyl (C=O) groups is 1. The first kappa shape index (κ1) is 12.1. The summed E-state index contributed by atoms with van der Waals surface area (Å²) in [5.41, 5.74) is 1.25. The molecule has 1 aromatic heterocycles. The summed E-state index contributed by atoms with van der Waals surface area (Å²) < 4.78 is 0. The zero-order valence-electron chi connectivity index (χ0n) is 10.1. The zero-order chi connectivity index (χ0) is 13.0. The van der Waals surface area contributed by atoms with E-state index in [2.05, 4.69) is 4.98 Å². The summed E-state index contributed by atoms with van der Waals surface area (Å²) in [6.07, 6.45) is 1.74. The number of pyridine rings is 1. The summed E-state index contributed by atoms with van der Waals surface area (Å²) in [6.45, 7) is 0.623. The van der Waals surface area contributed by atoms with Crippen LogP contribution in [0.5, 0.6) is 0 Å². The van der Waals surface area contributed by atoms with E-state index in [0.29, 0.717) is 12.1 Å². The minimum atomic E-state index is -0.905. The van der Waals surface area contributed by atoms with Crippen LogP contribution in [0.1, 0.15) is 15.9 Å². The van der Waals surface area contributed by atoms with Gasteiger partial charge >= 0.3 is 5.97 Å². The fraction of sp³-hybridized carbons (Fsp3) is 0.143. The summed E-state index contributed by atoms with van der Waals surface area (Å²) in [6, 6.07) is 12.6. The van der Waals surface area contributed by atoms with Crippen molar-refractivity contribution in [1.82, 2.24) is 4.98 Å². The van der Waals surface area contributed by atoms with Crippen LogP contribution >= 0.6 is 0 Å². The van der Waals surface area contributed by atoms with Crippen molar-refractivity contribution < 1.29 is 9.90 Å². The molecule has 1 aromatic carbocycles. The topological polar surface area (TPSA) is 53.4 Å². The molecule has 0 amide bonds. The van der Waals surface area contributed by atoms with Crippen LogP contribution in [0.4, 0.5) is 5.82 Å². The highest BCUT2D eigenvalue weighted by molar-refractivity contribution is 5.87. The van der Waals surface area contributed by atoms with Crippen molar-refractivity contribution in [1.29, 1.82) is 0 Å². The number of benzene rings is 1. The SMILES string of the molecule is CN(Cc1cccc(C(=O)O)c1)c1ccccn1. The van der Waals surface area contributed by atoms with Crippen LogP contribution in [-0.2, 0) is 6.54 Å². The number of hydrogen-bond donors (Lipinski definition) is 1. The smallest absolute Gasteiger partial charge is 0.335 e. The molecule has 0 spiro atoms. The van der Waals surface area contributed by atoms with E-state index in [1.807, 2.05) is 36.2 Å². The van der Waals surface area contributed by atoms with Crippen LogP contribution < -0.4 is 4.90 Å². The van der Waals surface area contributed by atoms with E-state index >= 15 is 0 Å². The van der Waals surface area contributed by atoms with E-state index in [9.17, 15) is 4.79 Å².